The van der Waals surface area contributed by atoms with Gasteiger partial charge in [0, 0.05) is 24.8 Å². The van der Waals surface area contributed by atoms with Crippen LogP contribution in [0.25, 0.3) is 0 Å². The number of methoxy groups -OCH3 is 1. The quantitative estimate of drug-likeness (QED) is 0.424. The Morgan fingerprint density at radius 2 is 1.70 bits per heavy atom. The number of carbonyl (C=O) groups is 3. The number of rotatable bonds is 8. The summed E-state index contributed by atoms with van der Waals surface area (Å²) in [5.74, 6) is -1.95. The lowest BCUT2D eigenvalue weighted by Crippen LogP contribution is -2.41. The Morgan fingerprint density at radius 1 is 1.05 bits per heavy atom. The minimum Gasteiger partial charge on any atom is -0.478 e. The van der Waals surface area contributed by atoms with Gasteiger partial charge in [0.15, 0.2) is 0 Å². The summed E-state index contributed by atoms with van der Waals surface area (Å²) in [6, 6.07) is -0.706. The molecule has 0 unspecified atom stereocenters. The van der Waals surface area contributed by atoms with Crippen molar-refractivity contribution in [3.63, 3.8) is 0 Å². The van der Waals surface area contributed by atoms with Crippen LogP contribution >= 0.6 is 0 Å². The fourth-order valence-electron chi connectivity index (χ4n) is 1.05. The third-order valence-corrected chi connectivity index (χ3v) is 2.41. The van der Waals surface area contributed by atoms with Gasteiger partial charge in [-0.2, -0.15) is 0 Å². The minimum absolute atomic E-state index is 0.0241. The van der Waals surface area contributed by atoms with Gasteiger partial charge in [0.2, 0.25) is 0 Å². The topological polar surface area (TPSA) is 114 Å². The van der Waals surface area contributed by atoms with Crippen LogP contribution in [-0.4, -0.2) is 56.5 Å². The van der Waals surface area contributed by atoms with Gasteiger partial charge in [0.05, 0.1) is 19.8 Å². The Kier molecular flexibility index (Phi) is 8.97. The molecule has 3 N–H and O–H groups in total. The van der Waals surface area contributed by atoms with E-state index in [1.807, 2.05) is 5.32 Å². The molecule has 0 heterocycles. The number of carboxylic acids is 1. The van der Waals surface area contributed by atoms with Gasteiger partial charge in [-0.15, -0.1) is 0 Å². The van der Waals surface area contributed by atoms with Crippen LogP contribution in [0.3, 0.4) is 0 Å². The molecular formula is C12H20N2O6. The molecule has 0 radical (unpaired) electrons. The highest BCUT2D eigenvalue weighted by Gasteiger charge is 2.14. The third kappa shape index (κ3) is 7.49. The van der Waals surface area contributed by atoms with E-state index in [4.69, 9.17) is 14.6 Å². The van der Waals surface area contributed by atoms with Crippen molar-refractivity contribution in [1.29, 1.82) is 0 Å². The largest absolute Gasteiger partial charge is 0.478 e. The van der Waals surface area contributed by atoms with Crippen LogP contribution in [0.15, 0.2) is 11.1 Å². The van der Waals surface area contributed by atoms with Crippen molar-refractivity contribution in [3.05, 3.63) is 11.1 Å². The van der Waals surface area contributed by atoms with Crippen molar-refractivity contribution in [3.8, 4) is 0 Å². The molecule has 0 atom stereocenters. The second kappa shape index (κ2) is 9.93. The first kappa shape index (κ1) is 18.1. The predicted molar refractivity (Wildman–Crippen MR) is 70.2 cm³/mol. The van der Waals surface area contributed by atoms with E-state index in [1.165, 1.54) is 13.8 Å². The molecule has 0 saturated carbocycles. The van der Waals surface area contributed by atoms with E-state index >= 15 is 0 Å². The molecule has 0 aromatic carbocycles. The number of amides is 3. The second-order valence-corrected chi connectivity index (χ2v) is 3.87. The molecule has 20 heavy (non-hydrogen) atoms. The fraction of sp³-hybridized carbons (Fsp3) is 0.583. The summed E-state index contributed by atoms with van der Waals surface area (Å²) < 4.78 is 9.87. The highest BCUT2D eigenvalue weighted by molar-refractivity contribution is 6.07. The number of hydrogen-bond acceptors (Lipinski definition) is 5. The Bertz CT molecular complexity index is 391. The second-order valence-electron chi connectivity index (χ2n) is 3.87. The number of imide groups is 1. The number of carboxylic acid groups (broad SMARTS) is 1. The highest BCUT2D eigenvalue weighted by Crippen LogP contribution is 2.02. The van der Waals surface area contributed by atoms with Crippen LogP contribution in [0.4, 0.5) is 4.79 Å². The van der Waals surface area contributed by atoms with Gasteiger partial charge in [0.1, 0.15) is 0 Å². The van der Waals surface area contributed by atoms with Gasteiger partial charge in [-0.1, -0.05) is 0 Å². The van der Waals surface area contributed by atoms with Crippen molar-refractivity contribution in [2.45, 2.75) is 13.8 Å². The molecular weight excluding hydrogens is 268 g/mol. The number of aliphatic carboxylic acids is 1. The van der Waals surface area contributed by atoms with Gasteiger partial charge in [-0.05, 0) is 13.8 Å². The standard InChI is InChI=1S/C12H20N2O6/c1-8(9(2)11(16)17)10(15)14-12(18)13-4-5-20-7-6-19-3/h4-7H2,1-3H3,(H,16,17)(H2,13,14,15,18). The van der Waals surface area contributed by atoms with Crippen molar-refractivity contribution in [2.75, 3.05) is 33.5 Å². The van der Waals surface area contributed by atoms with Crippen molar-refractivity contribution in [2.24, 2.45) is 0 Å². The highest BCUT2D eigenvalue weighted by atomic mass is 16.5. The summed E-state index contributed by atoms with van der Waals surface area (Å²) in [6.45, 7) is 4.01. The normalized spacial score (nSPS) is 11.6. The SMILES string of the molecule is COCCOCCNC(=O)NC(=O)C(C)=C(C)C(=O)O. The van der Waals surface area contributed by atoms with E-state index in [-0.39, 0.29) is 24.3 Å². The van der Waals surface area contributed by atoms with Crippen LogP contribution in [0, 0.1) is 0 Å². The molecule has 0 aromatic rings. The van der Waals surface area contributed by atoms with E-state index in [9.17, 15) is 14.4 Å². The molecule has 0 bridgehead atoms. The van der Waals surface area contributed by atoms with Crippen LogP contribution < -0.4 is 10.6 Å². The smallest absolute Gasteiger partial charge is 0.331 e. The molecule has 114 valence electrons. The number of nitrogens with one attached hydrogen (secondary N) is 2. The van der Waals surface area contributed by atoms with Gasteiger partial charge in [0.25, 0.3) is 5.91 Å². The third-order valence-electron chi connectivity index (χ3n) is 2.41. The lowest BCUT2D eigenvalue weighted by molar-refractivity contribution is -0.133. The molecule has 0 aliphatic rings. The molecule has 8 heteroatoms. The van der Waals surface area contributed by atoms with Gasteiger partial charge < -0.3 is 19.9 Å². The van der Waals surface area contributed by atoms with Crippen molar-refractivity contribution < 1.29 is 29.0 Å². The Hall–Kier alpha value is -1.93. The monoisotopic (exact) mass is 288 g/mol. The zero-order valence-electron chi connectivity index (χ0n) is 11.8. The van der Waals surface area contributed by atoms with E-state index in [0.717, 1.165) is 0 Å². The molecule has 0 aliphatic heterocycles. The van der Waals surface area contributed by atoms with Gasteiger partial charge in [-0.25, -0.2) is 9.59 Å². The molecule has 0 spiro atoms. The van der Waals surface area contributed by atoms with Crippen LogP contribution in [0.5, 0.6) is 0 Å². The van der Waals surface area contributed by atoms with Crippen LogP contribution in [0.2, 0.25) is 0 Å². The van der Waals surface area contributed by atoms with E-state index in [1.54, 1.807) is 7.11 Å². The summed E-state index contributed by atoms with van der Waals surface area (Å²) in [6.07, 6.45) is 0. The number of urea groups is 1. The number of hydrogen-bond donors (Lipinski definition) is 3. The average Bonchev–Trinajstić information content (AvgIpc) is 2.40. The summed E-state index contributed by atoms with van der Waals surface area (Å²) in [5.41, 5.74) is -0.137. The molecule has 3 amide bonds. The number of carbonyl (C=O) groups excluding carboxylic acids is 2. The van der Waals surface area contributed by atoms with Crippen LogP contribution in [-0.2, 0) is 19.1 Å². The molecule has 0 rings (SSSR count). The molecule has 0 aliphatic carbocycles. The summed E-state index contributed by atoms with van der Waals surface area (Å²) in [7, 11) is 1.55. The van der Waals surface area contributed by atoms with E-state index in [0.29, 0.717) is 13.2 Å². The van der Waals surface area contributed by atoms with Crippen LogP contribution in [0.1, 0.15) is 13.8 Å². The van der Waals surface area contributed by atoms with Crippen molar-refractivity contribution in [1.82, 2.24) is 10.6 Å². The first-order chi connectivity index (χ1) is 9.40. The first-order valence-electron chi connectivity index (χ1n) is 5.96. The first-order valence-corrected chi connectivity index (χ1v) is 5.96. The zero-order valence-corrected chi connectivity index (χ0v) is 11.8. The maximum atomic E-state index is 11.5. The fourth-order valence-corrected chi connectivity index (χ4v) is 1.05. The maximum absolute atomic E-state index is 11.5. The summed E-state index contributed by atoms with van der Waals surface area (Å²) in [5, 5.41) is 13.1. The molecule has 0 fully saturated rings. The Balaban J connectivity index is 4.00. The van der Waals surface area contributed by atoms with Crippen molar-refractivity contribution >= 4 is 17.9 Å². The Labute approximate surface area is 117 Å². The van der Waals surface area contributed by atoms with E-state index in [2.05, 4.69) is 5.32 Å². The maximum Gasteiger partial charge on any atom is 0.331 e. The lowest BCUT2D eigenvalue weighted by atomic mass is 10.1. The lowest BCUT2D eigenvalue weighted by Gasteiger charge is -2.08. The number of ether oxygens (including phenoxy) is 2. The van der Waals surface area contributed by atoms with Gasteiger partial charge >= 0.3 is 12.0 Å². The summed E-state index contributed by atoms with van der Waals surface area (Å²) >= 11 is 0. The van der Waals surface area contributed by atoms with E-state index < -0.39 is 17.9 Å². The molecule has 0 saturated heterocycles. The molecule has 8 nitrogen and oxygen atoms in total. The zero-order chi connectivity index (χ0) is 15.5. The Morgan fingerprint density at radius 3 is 2.25 bits per heavy atom. The van der Waals surface area contributed by atoms with Gasteiger partial charge in [-0.3, -0.25) is 10.1 Å². The predicted octanol–water partition coefficient (Wildman–Crippen LogP) is -0.104. The average molecular weight is 288 g/mol. The molecule has 0 aromatic heterocycles. The minimum atomic E-state index is -1.20. The summed E-state index contributed by atoms with van der Waals surface area (Å²) in [4.78, 5) is 33.5.